The van der Waals surface area contributed by atoms with Gasteiger partial charge < -0.3 is 5.73 Å². The van der Waals surface area contributed by atoms with Crippen molar-refractivity contribution in [3.05, 3.63) is 48.0 Å². The minimum absolute atomic E-state index is 0.296. The van der Waals surface area contributed by atoms with Gasteiger partial charge >= 0.3 is 0 Å². The Bertz CT molecular complexity index is 341. The van der Waals surface area contributed by atoms with Crippen LogP contribution in [0.15, 0.2) is 47.5 Å². The van der Waals surface area contributed by atoms with Crippen LogP contribution >= 0.6 is 0 Å². The summed E-state index contributed by atoms with van der Waals surface area (Å²) in [5.74, 6) is 0. The average molecular weight is 202 g/mol. The van der Waals surface area contributed by atoms with Crippen LogP contribution in [0.5, 0.6) is 0 Å². The van der Waals surface area contributed by atoms with E-state index in [-0.39, 0.29) is 5.54 Å². The molecule has 1 unspecified atom stereocenters. The fraction of sp³-hybridized carbons (Fsp3) is 0.308. The Morgan fingerprint density at radius 1 is 1.33 bits per heavy atom. The first-order valence-electron chi connectivity index (χ1n) is 5.16. The van der Waals surface area contributed by atoms with E-state index in [0.717, 1.165) is 0 Å². The highest BCUT2D eigenvalue weighted by Gasteiger charge is 2.20. The summed E-state index contributed by atoms with van der Waals surface area (Å²) in [4.78, 5) is 4.50. The summed E-state index contributed by atoms with van der Waals surface area (Å²) in [6, 6.07) is 10.2. The van der Waals surface area contributed by atoms with E-state index in [2.05, 4.69) is 24.0 Å². The van der Waals surface area contributed by atoms with E-state index in [4.69, 9.17) is 5.73 Å². The van der Waals surface area contributed by atoms with Gasteiger partial charge in [-0.25, -0.2) is 0 Å². The molecule has 0 saturated carbocycles. The Hall–Kier alpha value is -1.41. The van der Waals surface area contributed by atoms with Crippen molar-refractivity contribution in [2.24, 2.45) is 10.7 Å². The summed E-state index contributed by atoms with van der Waals surface area (Å²) in [6.07, 6.45) is 5.82. The molecule has 15 heavy (non-hydrogen) atoms. The van der Waals surface area contributed by atoms with Crippen molar-refractivity contribution in [2.75, 3.05) is 6.54 Å². The lowest BCUT2D eigenvalue weighted by atomic mass is 9.92. The molecule has 0 aromatic heterocycles. The summed E-state index contributed by atoms with van der Waals surface area (Å²) in [6.45, 7) is 4.55. The lowest BCUT2D eigenvalue weighted by Crippen LogP contribution is -2.16. The maximum absolute atomic E-state index is 5.47. The molecule has 2 nitrogen and oxygen atoms in total. The van der Waals surface area contributed by atoms with Crippen molar-refractivity contribution in [1.29, 1.82) is 0 Å². The molecule has 0 aliphatic rings. The first-order chi connectivity index (χ1) is 7.23. The summed E-state index contributed by atoms with van der Waals surface area (Å²) < 4.78 is 0. The number of rotatable bonds is 4. The molecule has 0 aliphatic heterocycles. The van der Waals surface area contributed by atoms with Crippen LogP contribution in [0.1, 0.15) is 19.4 Å². The third-order valence-electron chi connectivity index (χ3n) is 2.33. The van der Waals surface area contributed by atoms with E-state index in [1.54, 1.807) is 0 Å². The Balaban J connectivity index is 3.06. The lowest BCUT2D eigenvalue weighted by molar-refractivity contribution is 0.635. The molecule has 0 spiro atoms. The van der Waals surface area contributed by atoms with E-state index in [9.17, 15) is 0 Å². The molecule has 0 bridgehead atoms. The van der Waals surface area contributed by atoms with Crippen LogP contribution in [0.4, 0.5) is 0 Å². The Morgan fingerprint density at radius 3 is 2.53 bits per heavy atom. The number of hydrogen-bond donors (Lipinski definition) is 1. The van der Waals surface area contributed by atoms with Gasteiger partial charge in [-0.05, 0) is 25.6 Å². The molecule has 2 N–H and O–H groups in total. The van der Waals surface area contributed by atoms with Crippen LogP contribution in [0, 0.1) is 0 Å². The quantitative estimate of drug-likeness (QED) is 0.591. The predicted octanol–water partition coefficient (Wildman–Crippen LogP) is 2.51. The molecule has 0 amide bonds. The number of hydrogen-bond acceptors (Lipinski definition) is 2. The van der Waals surface area contributed by atoms with Crippen LogP contribution in [-0.4, -0.2) is 12.8 Å². The van der Waals surface area contributed by atoms with Crippen molar-refractivity contribution >= 4 is 6.21 Å². The standard InChI is InChI=1S/C13H18N2/c1-3-15-13(2,10-7-11-14)12-8-5-4-6-9-12/h3-10H,11,14H2,1-2H3/b10-7-,15-3-. The van der Waals surface area contributed by atoms with Gasteiger partial charge in [0.25, 0.3) is 0 Å². The zero-order valence-electron chi connectivity index (χ0n) is 9.35. The van der Waals surface area contributed by atoms with Crippen LogP contribution in [0.2, 0.25) is 0 Å². The smallest absolute Gasteiger partial charge is 0.100 e. The summed E-state index contributed by atoms with van der Waals surface area (Å²) in [5, 5.41) is 0. The second kappa shape index (κ2) is 5.47. The van der Waals surface area contributed by atoms with Crippen LogP contribution in [0.25, 0.3) is 0 Å². The molecule has 1 rings (SSSR count). The molecule has 0 heterocycles. The molecule has 1 aromatic rings. The van der Waals surface area contributed by atoms with Crippen LogP contribution < -0.4 is 5.73 Å². The van der Waals surface area contributed by atoms with Gasteiger partial charge in [-0.2, -0.15) is 0 Å². The lowest BCUT2D eigenvalue weighted by Gasteiger charge is -2.21. The third-order valence-corrected chi connectivity index (χ3v) is 2.33. The first kappa shape index (κ1) is 11.7. The van der Waals surface area contributed by atoms with Crippen molar-refractivity contribution in [1.82, 2.24) is 0 Å². The highest BCUT2D eigenvalue weighted by molar-refractivity contribution is 5.55. The highest BCUT2D eigenvalue weighted by atomic mass is 14.8. The molecule has 2 heteroatoms. The summed E-state index contributed by atoms with van der Waals surface area (Å²) in [5.41, 5.74) is 6.35. The Morgan fingerprint density at radius 2 is 2.00 bits per heavy atom. The zero-order chi connectivity index (χ0) is 11.1. The van der Waals surface area contributed by atoms with Gasteiger partial charge in [0.05, 0.1) is 0 Å². The van der Waals surface area contributed by atoms with Gasteiger partial charge in [-0.1, -0.05) is 42.5 Å². The predicted molar refractivity (Wildman–Crippen MR) is 66.2 cm³/mol. The number of nitrogens with zero attached hydrogens (tertiary/aromatic N) is 1. The van der Waals surface area contributed by atoms with Gasteiger partial charge in [-0.15, -0.1) is 0 Å². The van der Waals surface area contributed by atoms with Gasteiger partial charge in [0.15, 0.2) is 0 Å². The SMILES string of the molecule is C/C=N\C(C)(/C=C\CN)c1ccccc1. The third kappa shape index (κ3) is 3.03. The molecular weight excluding hydrogens is 184 g/mol. The minimum atomic E-state index is -0.296. The largest absolute Gasteiger partial charge is 0.327 e. The highest BCUT2D eigenvalue weighted by Crippen LogP contribution is 2.26. The molecule has 0 radical (unpaired) electrons. The van der Waals surface area contributed by atoms with Gasteiger partial charge in [0, 0.05) is 6.54 Å². The van der Waals surface area contributed by atoms with Crippen molar-refractivity contribution in [3.8, 4) is 0 Å². The second-order valence-corrected chi connectivity index (χ2v) is 3.54. The molecule has 0 aliphatic carbocycles. The van der Waals surface area contributed by atoms with E-state index in [1.807, 2.05) is 43.5 Å². The minimum Gasteiger partial charge on any atom is -0.327 e. The maximum Gasteiger partial charge on any atom is 0.100 e. The van der Waals surface area contributed by atoms with Crippen molar-refractivity contribution in [2.45, 2.75) is 19.4 Å². The molecule has 0 saturated heterocycles. The summed E-state index contributed by atoms with van der Waals surface area (Å²) in [7, 11) is 0. The molecule has 0 fully saturated rings. The van der Waals surface area contributed by atoms with Gasteiger partial charge in [-0.3, -0.25) is 4.99 Å². The maximum atomic E-state index is 5.47. The van der Waals surface area contributed by atoms with E-state index >= 15 is 0 Å². The van der Waals surface area contributed by atoms with E-state index in [0.29, 0.717) is 6.54 Å². The summed E-state index contributed by atoms with van der Waals surface area (Å²) >= 11 is 0. The zero-order valence-corrected chi connectivity index (χ0v) is 9.35. The van der Waals surface area contributed by atoms with Gasteiger partial charge in [0.1, 0.15) is 5.54 Å². The number of nitrogens with two attached hydrogens (primary N) is 1. The fourth-order valence-corrected chi connectivity index (χ4v) is 1.56. The molecular formula is C13H18N2. The Labute approximate surface area is 91.5 Å². The van der Waals surface area contributed by atoms with Crippen molar-refractivity contribution < 1.29 is 0 Å². The van der Waals surface area contributed by atoms with E-state index < -0.39 is 0 Å². The normalized spacial score (nSPS) is 15.9. The topological polar surface area (TPSA) is 38.4 Å². The van der Waals surface area contributed by atoms with Crippen molar-refractivity contribution in [3.63, 3.8) is 0 Å². The first-order valence-corrected chi connectivity index (χ1v) is 5.16. The fourth-order valence-electron chi connectivity index (χ4n) is 1.56. The molecule has 1 atom stereocenters. The Kier molecular flexibility index (Phi) is 4.25. The van der Waals surface area contributed by atoms with Crippen LogP contribution in [0.3, 0.4) is 0 Å². The molecule has 1 aromatic carbocycles. The van der Waals surface area contributed by atoms with Crippen LogP contribution in [-0.2, 0) is 5.54 Å². The second-order valence-electron chi connectivity index (χ2n) is 3.54. The monoisotopic (exact) mass is 202 g/mol. The number of aliphatic imine (C=N–C) groups is 1. The molecule has 80 valence electrons. The van der Waals surface area contributed by atoms with E-state index in [1.165, 1.54) is 5.56 Å². The number of benzene rings is 1. The van der Waals surface area contributed by atoms with Gasteiger partial charge in [0.2, 0.25) is 0 Å². The average Bonchev–Trinajstić information content (AvgIpc) is 2.28.